The topological polar surface area (TPSA) is 73.0 Å². The molecule has 4 rings (SSSR count). The van der Waals surface area contributed by atoms with Gasteiger partial charge >= 0.3 is 0 Å². The van der Waals surface area contributed by atoms with E-state index in [9.17, 15) is 4.79 Å². The van der Waals surface area contributed by atoms with Crippen LogP contribution in [0.2, 0.25) is 0 Å². The minimum Gasteiger partial charge on any atom is -0.355 e. The first-order valence-electron chi connectivity index (χ1n) is 8.02. The fourth-order valence-electron chi connectivity index (χ4n) is 2.78. The number of fused-ring (bicyclic) bond motifs is 1. The van der Waals surface area contributed by atoms with E-state index in [2.05, 4.69) is 26.9 Å². The lowest BCUT2D eigenvalue weighted by Gasteiger charge is -2.04. The van der Waals surface area contributed by atoms with E-state index in [-0.39, 0.29) is 11.6 Å². The molecule has 6 nitrogen and oxygen atoms in total. The summed E-state index contributed by atoms with van der Waals surface area (Å²) in [5.41, 5.74) is 2.86. The van der Waals surface area contributed by atoms with E-state index in [1.54, 1.807) is 24.5 Å². The molecule has 1 N–H and O–H groups in total. The summed E-state index contributed by atoms with van der Waals surface area (Å²) in [4.78, 5) is 16.4. The normalized spacial score (nSPS) is 10.9. The Kier molecular flexibility index (Phi) is 3.78. The number of aromatic nitrogens is 3. The molecule has 0 atom stereocenters. The summed E-state index contributed by atoms with van der Waals surface area (Å²) >= 11 is 0. The van der Waals surface area contributed by atoms with E-state index < -0.39 is 0 Å². The molecule has 0 saturated heterocycles. The van der Waals surface area contributed by atoms with Gasteiger partial charge in [-0.3, -0.25) is 9.78 Å². The van der Waals surface area contributed by atoms with Crippen LogP contribution < -0.4 is 5.32 Å². The van der Waals surface area contributed by atoms with Crippen LogP contribution in [0.1, 0.15) is 17.4 Å². The summed E-state index contributed by atoms with van der Waals surface area (Å²) in [5.74, 6) is 0.196. The molecule has 0 spiro atoms. The van der Waals surface area contributed by atoms with Gasteiger partial charge in [-0.15, -0.1) is 0 Å². The zero-order valence-electron chi connectivity index (χ0n) is 13.6. The maximum atomic E-state index is 12.4. The molecule has 0 radical (unpaired) electrons. The van der Waals surface area contributed by atoms with E-state index in [1.165, 1.54) is 0 Å². The Morgan fingerprint density at radius 3 is 2.96 bits per heavy atom. The van der Waals surface area contributed by atoms with Crippen molar-refractivity contribution in [3.63, 3.8) is 0 Å². The number of anilines is 1. The van der Waals surface area contributed by atoms with E-state index >= 15 is 0 Å². The Labute approximate surface area is 144 Å². The van der Waals surface area contributed by atoms with Crippen LogP contribution in [-0.4, -0.2) is 20.6 Å². The largest absolute Gasteiger partial charge is 0.355 e. The van der Waals surface area contributed by atoms with Crippen LogP contribution in [0.5, 0.6) is 0 Å². The molecular formula is C19H16N4O2. The zero-order valence-corrected chi connectivity index (χ0v) is 13.6. The van der Waals surface area contributed by atoms with Crippen LogP contribution in [-0.2, 0) is 6.54 Å². The highest BCUT2D eigenvalue weighted by Gasteiger charge is 2.14. The van der Waals surface area contributed by atoms with Crippen molar-refractivity contribution in [3.8, 4) is 11.3 Å². The van der Waals surface area contributed by atoms with Crippen molar-refractivity contribution in [1.29, 1.82) is 0 Å². The molecule has 1 aromatic carbocycles. The van der Waals surface area contributed by atoms with Gasteiger partial charge in [-0.1, -0.05) is 5.16 Å². The first-order valence-corrected chi connectivity index (χ1v) is 8.02. The fraction of sp³-hybridized carbons (Fsp3) is 0.105. The van der Waals surface area contributed by atoms with Crippen molar-refractivity contribution in [1.82, 2.24) is 14.7 Å². The fourth-order valence-corrected chi connectivity index (χ4v) is 2.78. The molecule has 4 aromatic rings. The van der Waals surface area contributed by atoms with Crippen LogP contribution in [0.15, 0.2) is 65.6 Å². The number of hydrogen-bond donors (Lipinski definition) is 1. The number of pyridine rings is 1. The molecule has 25 heavy (non-hydrogen) atoms. The third kappa shape index (κ3) is 2.89. The molecule has 0 unspecified atom stereocenters. The lowest BCUT2D eigenvalue weighted by atomic mass is 10.2. The molecule has 1 amide bonds. The number of carbonyl (C=O) groups excluding carboxylic acids is 1. The number of benzene rings is 1. The van der Waals surface area contributed by atoms with Crippen molar-refractivity contribution in [2.75, 3.05) is 5.32 Å². The Balaban J connectivity index is 1.55. The highest BCUT2D eigenvalue weighted by molar-refractivity contribution is 6.04. The zero-order chi connectivity index (χ0) is 17.2. The minimum atomic E-state index is -0.312. The Hall–Kier alpha value is -3.41. The van der Waals surface area contributed by atoms with E-state index in [4.69, 9.17) is 4.52 Å². The lowest BCUT2D eigenvalue weighted by Crippen LogP contribution is -2.12. The lowest BCUT2D eigenvalue weighted by molar-refractivity contribution is 0.101. The second-order valence-electron chi connectivity index (χ2n) is 5.65. The van der Waals surface area contributed by atoms with Gasteiger partial charge in [-0.05, 0) is 43.3 Å². The average molecular weight is 332 g/mol. The van der Waals surface area contributed by atoms with Gasteiger partial charge in [-0.2, -0.15) is 0 Å². The predicted molar refractivity (Wildman–Crippen MR) is 95.3 cm³/mol. The summed E-state index contributed by atoms with van der Waals surface area (Å²) in [5, 5.41) is 7.79. The Morgan fingerprint density at radius 2 is 2.16 bits per heavy atom. The molecule has 3 heterocycles. The molecular weight excluding hydrogens is 316 g/mol. The molecule has 0 aliphatic rings. The van der Waals surface area contributed by atoms with Crippen LogP contribution in [0.25, 0.3) is 22.2 Å². The van der Waals surface area contributed by atoms with Crippen LogP contribution in [0.4, 0.5) is 5.69 Å². The van der Waals surface area contributed by atoms with E-state index in [1.807, 2.05) is 36.5 Å². The summed E-state index contributed by atoms with van der Waals surface area (Å²) in [6.45, 7) is 3.00. The first kappa shape index (κ1) is 15.1. The number of amides is 1. The van der Waals surface area contributed by atoms with Crippen LogP contribution >= 0.6 is 0 Å². The number of hydrogen-bond acceptors (Lipinski definition) is 4. The average Bonchev–Trinajstić information content (AvgIpc) is 3.29. The quantitative estimate of drug-likeness (QED) is 0.614. The second kappa shape index (κ2) is 6.24. The summed E-state index contributed by atoms with van der Waals surface area (Å²) in [6, 6.07) is 13.1. The van der Waals surface area contributed by atoms with Gasteiger partial charge in [-0.25, -0.2) is 0 Å². The minimum absolute atomic E-state index is 0.227. The molecule has 124 valence electrons. The van der Waals surface area contributed by atoms with Crippen LogP contribution in [0, 0.1) is 0 Å². The summed E-state index contributed by atoms with van der Waals surface area (Å²) < 4.78 is 7.40. The van der Waals surface area contributed by atoms with Gasteiger partial charge in [0.2, 0.25) is 0 Å². The van der Waals surface area contributed by atoms with Gasteiger partial charge in [0.05, 0.1) is 0 Å². The van der Waals surface area contributed by atoms with E-state index in [0.717, 1.165) is 28.7 Å². The number of carbonyl (C=O) groups is 1. The maximum Gasteiger partial charge on any atom is 0.277 e. The standard InChI is InChI=1S/C19H16N4O2/c1-2-23-9-7-13-10-15(5-6-17(13)23)21-19(24)16-11-18(25-22-16)14-4-3-8-20-12-14/h3-12H,2H2,1H3,(H,21,24). The summed E-state index contributed by atoms with van der Waals surface area (Å²) in [6.07, 6.45) is 5.37. The molecule has 3 aromatic heterocycles. The Bertz CT molecular complexity index is 1030. The third-order valence-corrected chi connectivity index (χ3v) is 4.06. The number of aryl methyl sites for hydroxylation is 1. The van der Waals surface area contributed by atoms with Gasteiger partial charge < -0.3 is 14.4 Å². The molecule has 0 saturated carbocycles. The van der Waals surface area contributed by atoms with Crippen molar-refractivity contribution < 1.29 is 9.32 Å². The molecule has 0 fully saturated rings. The van der Waals surface area contributed by atoms with Crippen molar-refractivity contribution in [2.24, 2.45) is 0 Å². The smallest absolute Gasteiger partial charge is 0.277 e. The monoisotopic (exact) mass is 332 g/mol. The molecule has 0 aliphatic heterocycles. The first-order chi connectivity index (χ1) is 12.2. The van der Waals surface area contributed by atoms with Gasteiger partial charge in [0, 0.05) is 53.4 Å². The maximum absolute atomic E-state index is 12.4. The number of nitrogens with zero attached hydrogens (tertiary/aromatic N) is 3. The number of nitrogens with one attached hydrogen (secondary N) is 1. The van der Waals surface area contributed by atoms with Gasteiger partial charge in [0.1, 0.15) is 0 Å². The number of rotatable bonds is 4. The summed E-state index contributed by atoms with van der Waals surface area (Å²) in [7, 11) is 0. The van der Waals surface area contributed by atoms with Gasteiger partial charge in [0.15, 0.2) is 11.5 Å². The highest BCUT2D eigenvalue weighted by Crippen LogP contribution is 2.22. The second-order valence-corrected chi connectivity index (χ2v) is 5.65. The SMILES string of the molecule is CCn1ccc2cc(NC(=O)c3cc(-c4cccnc4)on3)ccc21. The van der Waals surface area contributed by atoms with Crippen molar-refractivity contribution in [2.45, 2.75) is 13.5 Å². The molecule has 6 heteroatoms. The Morgan fingerprint density at radius 1 is 1.24 bits per heavy atom. The molecule has 0 bridgehead atoms. The van der Waals surface area contributed by atoms with Crippen molar-refractivity contribution >= 4 is 22.5 Å². The van der Waals surface area contributed by atoms with Crippen LogP contribution in [0.3, 0.4) is 0 Å². The highest BCUT2D eigenvalue weighted by atomic mass is 16.5. The molecule has 0 aliphatic carbocycles. The predicted octanol–water partition coefficient (Wildman–Crippen LogP) is 3.96. The van der Waals surface area contributed by atoms with E-state index in [0.29, 0.717) is 5.76 Å². The van der Waals surface area contributed by atoms with Gasteiger partial charge in [0.25, 0.3) is 5.91 Å². The third-order valence-electron chi connectivity index (χ3n) is 4.06. The van der Waals surface area contributed by atoms with Crippen molar-refractivity contribution in [3.05, 3.63) is 66.7 Å².